The van der Waals surface area contributed by atoms with Crippen LogP contribution in [0.2, 0.25) is 0 Å². The number of hydrogen-bond acceptors (Lipinski definition) is 6. The minimum absolute atomic E-state index is 0.0884. The lowest BCUT2D eigenvalue weighted by Gasteiger charge is -2.36. The lowest BCUT2D eigenvalue weighted by molar-refractivity contribution is -0.141. The fourth-order valence-corrected chi connectivity index (χ4v) is 7.66. The molecule has 40 heavy (non-hydrogen) atoms. The highest BCUT2D eigenvalue weighted by Gasteiger charge is 2.72. The summed E-state index contributed by atoms with van der Waals surface area (Å²) in [5, 5.41) is 6.29. The second kappa shape index (κ2) is 11.2. The molecule has 1 spiro atoms. The Balaban J connectivity index is 1.27. The Morgan fingerprint density at radius 2 is 1.88 bits per heavy atom. The molecule has 1 aromatic rings. The predicted molar refractivity (Wildman–Crippen MR) is 151 cm³/mol. The van der Waals surface area contributed by atoms with E-state index in [1.54, 1.807) is 24.1 Å². The van der Waals surface area contributed by atoms with Gasteiger partial charge in [-0.15, -0.1) is 0 Å². The van der Waals surface area contributed by atoms with Gasteiger partial charge in [-0.05, 0) is 56.8 Å². The Morgan fingerprint density at radius 1 is 1.07 bits per heavy atom. The van der Waals surface area contributed by atoms with Gasteiger partial charge in [-0.2, -0.15) is 0 Å². The topological polar surface area (TPSA) is 100 Å². The van der Waals surface area contributed by atoms with Gasteiger partial charge in [0.05, 0.1) is 25.0 Å². The lowest BCUT2D eigenvalue weighted by atomic mass is 9.74. The molecule has 3 amide bonds. The number of nitrogens with one attached hydrogen (secondary N) is 2. The summed E-state index contributed by atoms with van der Waals surface area (Å²) < 4.78 is 11.8. The number of hydrogen-bond donors (Lipinski definition) is 2. The van der Waals surface area contributed by atoms with Gasteiger partial charge in [-0.25, -0.2) is 0 Å². The number of piperidine rings is 1. The molecule has 2 N–H and O–H groups in total. The van der Waals surface area contributed by atoms with Crippen molar-refractivity contribution in [2.24, 2.45) is 17.8 Å². The van der Waals surface area contributed by atoms with E-state index in [1.165, 1.54) is 12.8 Å². The van der Waals surface area contributed by atoms with Crippen molar-refractivity contribution in [1.82, 2.24) is 15.1 Å². The largest absolute Gasteiger partial charge is 0.497 e. The number of carbonyl (C=O) groups is 3. The molecule has 4 heterocycles. The minimum atomic E-state index is -1.14. The Bertz CT molecular complexity index is 1170. The van der Waals surface area contributed by atoms with E-state index in [1.807, 2.05) is 24.3 Å². The average Bonchev–Trinajstić information content (AvgIpc) is 3.61. The summed E-state index contributed by atoms with van der Waals surface area (Å²) in [4.78, 5) is 46.1. The maximum Gasteiger partial charge on any atom is 0.246 e. The molecule has 0 aromatic heterocycles. The quantitative estimate of drug-likeness (QED) is 0.483. The highest BCUT2D eigenvalue weighted by Crippen LogP contribution is 2.55. The van der Waals surface area contributed by atoms with E-state index >= 15 is 0 Å². The molecule has 6 rings (SSSR count). The molecule has 9 nitrogen and oxygen atoms in total. The maximum absolute atomic E-state index is 14.2. The number of likely N-dealkylation sites (tertiary alicyclic amines) is 2. The molecule has 7 unspecified atom stereocenters. The van der Waals surface area contributed by atoms with Crippen LogP contribution >= 0.6 is 0 Å². The van der Waals surface area contributed by atoms with Crippen LogP contribution in [0.25, 0.3) is 0 Å². The summed E-state index contributed by atoms with van der Waals surface area (Å²) in [5.41, 5.74) is -0.541. The maximum atomic E-state index is 14.2. The highest BCUT2D eigenvalue weighted by atomic mass is 16.5. The summed E-state index contributed by atoms with van der Waals surface area (Å²) in [7, 11) is 1.58. The molecule has 0 radical (unpaired) electrons. The van der Waals surface area contributed by atoms with Crippen LogP contribution in [0.4, 0.5) is 5.69 Å². The SMILES string of the molecule is COc1cccc(NC(=O)C2C3C=CC4(O3)C2C(=O)N(CCN2CCCCC2)C4C(=O)NC2CCCCC2C)c1. The molecule has 7 atom stereocenters. The predicted octanol–water partition coefficient (Wildman–Crippen LogP) is 2.97. The van der Waals surface area contributed by atoms with Crippen molar-refractivity contribution in [3.63, 3.8) is 0 Å². The highest BCUT2D eigenvalue weighted by molar-refractivity contribution is 6.02. The molecule has 216 valence electrons. The summed E-state index contributed by atoms with van der Waals surface area (Å²) in [6.07, 6.45) is 11.1. The standard InChI is InChI=1S/C31H42N4O5/c1-20-9-4-5-12-23(20)33-29(37)27-31-14-13-24(40-31)25(28(36)32-21-10-8-11-22(19-21)39-2)26(31)30(38)35(27)18-17-34-15-6-3-7-16-34/h8,10-11,13-14,19-20,23-27H,3-7,9,12,15-18H2,1-2H3,(H,32,36)(H,33,37). The van der Waals surface area contributed by atoms with E-state index in [4.69, 9.17) is 9.47 Å². The first kappa shape index (κ1) is 27.3. The third-order valence-electron chi connectivity index (χ3n) is 9.81. The minimum Gasteiger partial charge on any atom is -0.497 e. The number of amides is 3. The van der Waals surface area contributed by atoms with Gasteiger partial charge in [0, 0.05) is 30.9 Å². The van der Waals surface area contributed by atoms with Gasteiger partial charge >= 0.3 is 0 Å². The van der Waals surface area contributed by atoms with Crippen molar-refractivity contribution < 1.29 is 23.9 Å². The number of rotatable bonds is 8. The molecule has 4 fully saturated rings. The number of fused-ring (bicyclic) bond motifs is 1. The molecule has 1 aliphatic carbocycles. The van der Waals surface area contributed by atoms with Crippen LogP contribution in [0.3, 0.4) is 0 Å². The molecule has 4 aliphatic heterocycles. The van der Waals surface area contributed by atoms with E-state index in [0.29, 0.717) is 30.4 Å². The van der Waals surface area contributed by atoms with Gasteiger partial charge in [0.15, 0.2) is 0 Å². The zero-order valence-electron chi connectivity index (χ0n) is 23.6. The average molecular weight is 551 g/mol. The van der Waals surface area contributed by atoms with Gasteiger partial charge in [0.25, 0.3) is 0 Å². The first-order valence-corrected chi connectivity index (χ1v) is 15.1. The van der Waals surface area contributed by atoms with Crippen LogP contribution in [-0.2, 0) is 19.1 Å². The number of nitrogens with zero attached hydrogens (tertiary/aromatic N) is 2. The van der Waals surface area contributed by atoms with Gasteiger partial charge in [-0.3, -0.25) is 14.4 Å². The van der Waals surface area contributed by atoms with E-state index < -0.39 is 29.6 Å². The first-order chi connectivity index (χ1) is 19.4. The third kappa shape index (κ3) is 4.81. The zero-order chi connectivity index (χ0) is 27.9. The van der Waals surface area contributed by atoms with Crippen molar-refractivity contribution >= 4 is 23.4 Å². The van der Waals surface area contributed by atoms with E-state index in [-0.39, 0.29) is 23.8 Å². The molecule has 5 aliphatic rings. The molecule has 9 heteroatoms. The summed E-state index contributed by atoms with van der Waals surface area (Å²) in [6.45, 7) is 5.37. The fraction of sp³-hybridized carbons (Fsp3) is 0.645. The van der Waals surface area contributed by atoms with E-state index in [0.717, 1.165) is 45.2 Å². The van der Waals surface area contributed by atoms with Crippen molar-refractivity contribution in [1.29, 1.82) is 0 Å². The first-order valence-electron chi connectivity index (χ1n) is 15.1. The third-order valence-corrected chi connectivity index (χ3v) is 9.81. The van der Waals surface area contributed by atoms with Crippen molar-refractivity contribution in [3.8, 4) is 5.75 Å². The number of carbonyl (C=O) groups excluding carboxylic acids is 3. The number of benzene rings is 1. The second-order valence-corrected chi connectivity index (χ2v) is 12.2. The van der Waals surface area contributed by atoms with Gasteiger partial charge < -0.3 is 29.9 Å². The summed E-state index contributed by atoms with van der Waals surface area (Å²) in [5.74, 6) is -1.03. The molecule has 1 aromatic carbocycles. The molecule has 3 saturated heterocycles. The van der Waals surface area contributed by atoms with Crippen LogP contribution in [0.15, 0.2) is 36.4 Å². The molecular weight excluding hydrogens is 508 g/mol. The normalized spacial score (nSPS) is 35.0. The molecular formula is C31H42N4O5. The van der Waals surface area contributed by atoms with Gasteiger partial charge in [-0.1, -0.05) is 44.4 Å². The Hall–Kier alpha value is -2.91. The smallest absolute Gasteiger partial charge is 0.246 e. The summed E-state index contributed by atoms with van der Waals surface area (Å²) in [6, 6.07) is 6.46. The van der Waals surface area contributed by atoms with Gasteiger partial charge in [0.2, 0.25) is 17.7 Å². The van der Waals surface area contributed by atoms with Crippen LogP contribution in [0.5, 0.6) is 5.75 Å². The van der Waals surface area contributed by atoms with Crippen LogP contribution < -0.4 is 15.4 Å². The second-order valence-electron chi connectivity index (χ2n) is 12.2. The van der Waals surface area contributed by atoms with E-state index in [2.05, 4.69) is 22.5 Å². The Kier molecular flexibility index (Phi) is 7.61. The van der Waals surface area contributed by atoms with Crippen molar-refractivity contribution in [2.45, 2.75) is 75.7 Å². The van der Waals surface area contributed by atoms with Crippen molar-refractivity contribution in [3.05, 3.63) is 36.4 Å². The van der Waals surface area contributed by atoms with E-state index in [9.17, 15) is 14.4 Å². The number of methoxy groups -OCH3 is 1. The Morgan fingerprint density at radius 3 is 2.65 bits per heavy atom. The van der Waals surface area contributed by atoms with Crippen LogP contribution in [0, 0.1) is 17.8 Å². The van der Waals surface area contributed by atoms with Gasteiger partial charge in [0.1, 0.15) is 17.4 Å². The Labute approximate surface area is 236 Å². The monoisotopic (exact) mass is 550 g/mol. The van der Waals surface area contributed by atoms with Crippen LogP contribution in [-0.4, -0.2) is 84.6 Å². The summed E-state index contributed by atoms with van der Waals surface area (Å²) >= 11 is 0. The molecule has 2 bridgehead atoms. The van der Waals surface area contributed by atoms with Crippen LogP contribution in [0.1, 0.15) is 51.9 Å². The fourth-order valence-electron chi connectivity index (χ4n) is 7.66. The zero-order valence-corrected chi connectivity index (χ0v) is 23.6. The number of anilines is 1. The lowest BCUT2D eigenvalue weighted by Crippen LogP contribution is -2.58. The van der Waals surface area contributed by atoms with Crippen molar-refractivity contribution in [2.75, 3.05) is 38.6 Å². The molecule has 1 saturated carbocycles. The number of ether oxygens (including phenoxy) is 2.